The van der Waals surface area contributed by atoms with Crippen LogP contribution in [0.25, 0.3) is 10.9 Å². The number of fused-ring (bicyclic) bond motifs is 1. The number of carboxylic acid groups (broad SMARTS) is 1. The molecule has 0 aliphatic carbocycles. The first kappa shape index (κ1) is 29.0. The van der Waals surface area contributed by atoms with Crippen molar-refractivity contribution in [3.63, 3.8) is 0 Å². The fourth-order valence-electron chi connectivity index (χ4n) is 4.45. The predicted octanol–water partition coefficient (Wildman–Crippen LogP) is 0.805. The number of benzene rings is 2. The summed E-state index contributed by atoms with van der Waals surface area (Å²) >= 11 is 0. The van der Waals surface area contributed by atoms with E-state index in [1.807, 2.05) is 30.3 Å². The van der Waals surface area contributed by atoms with Gasteiger partial charge in [0, 0.05) is 48.3 Å². The van der Waals surface area contributed by atoms with Crippen LogP contribution < -0.4 is 21.7 Å². The molecular formula is C29H33N7O5. The van der Waals surface area contributed by atoms with E-state index < -0.39 is 47.9 Å². The Balaban J connectivity index is 1.59. The van der Waals surface area contributed by atoms with Crippen molar-refractivity contribution in [2.75, 3.05) is 0 Å². The van der Waals surface area contributed by atoms with Crippen molar-refractivity contribution in [3.05, 3.63) is 90.1 Å². The largest absolute Gasteiger partial charge is 0.480 e. The molecule has 0 aliphatic heterocycles. The quantitative estimate of drug-likeness (QED) is 0.126. The van der Waals surface area contributed by atoms with Crippen molar-refractivity contribution in [2.45, 2.75) is 50.4 Å². The molecule has 41 heavy (non-hydrogen) atoms. The Morgan fingerprint density at radius 3 is 2.12 bits per heavy atom. The molecule has 0 saturated heterocycles. The molecule has 12 nitrogen and oxygen atoms in total. The van der Waals surface area contributed by atoms with Crippen molar-refractivity contribution >= 4 is 34.6 Å². The lowest BCUT2D eigenvalue weighted by Crippen LogP contribution is -2.58. The average Bonchev–Trinajstić information content (AvgIpc) is 3.62. The Kier molecular flexibility index (Phi) is 9.48. The molecule has 0 aliphatic rings. The Morgan fingerprint density at radius 2 is 1.46 bits per heavy atom. The Labute approximate surface area is 236 Å². The summed E-state index contributed by atoms with van der Waals surface area (Å²) in [4.78, 5) is 61.6. The molecule has 4 atom stereocenters. The van der Waals surface area contributed by atoms with Gasteiger partial charge in [0.1, 0.15) is 18.1 Å². The van der Waals surface area contributed by atoms with Crippen molar-refractivity contribution in [2.24, 2.45) is 5.73 Å². The number of carboxylic acids is 1. The number of carbonyl (C=O) groups is 4. The van der Waals surface area contributed by atoms with Crippen LogP contribution in [-0.4, -0.2) is 67.9 Å². The summed E-state index contributed by atoms with van der Waals surface area (Å²) < 4.78 is 0. The van der Waals surface area contributed by atoms with Gasteiger partial charge in [0.15, 0.2) is 0 Å². The minimum Gasteiger partial charge on any atom is -0.480 e. The third-order valence-corrected chi connectivity index (χ3v) is 6.65. The Bertz CT molecular complexity index is 1480. The highest BCUT2D eigenvalue weighted by Gasteiger charge is 2.31. The maximum absolute atomic E-state index is 13.6. The van der Waals surface area contributed by atoms with Crippen LogP contribution in [0.2, 0.25) is 0 Å². The number of rotatable bonds is 13. The zero-order chi connectivity index (χ0) is 29.4. The van der Waals surface area contributed by atoms with Crippen LogP contribution in [-0.2, 0) is 38.4 Å². The lowest BCUT2D eigenvalue weighted by Gasteiger charge is -2.25. The number of aromatic amines is 2. The summed E-state index contributed by atoms with van der Waals surface area (Å²) in [5, 5.41) is 18.7. The van der Waals surface area contributed by atoms with Crippen LogP contribution in [0.3, 0.4) is 0 Å². The topological polar surface area (TPSA) is 195 Å². The molecule has 4 unspecified atom stereocenters. The van der Waals surface area contributed by atoms with E-state index in [-0.39, 0.29) is 19.3 Å². The van der Waals surface area contributed by atoms with Gasteiger partial charge >= 0.3 is 5.97 Å². The number of nitrogens with zero attached hydrogens (tertiary/aromatic N) is 1. The van der Waals surface area contributed by atoms with E-state index in [4.69, 9.17) is 5.73 Å². The standard InChI is InChI=1S/C29H33N7O5/c1-17(30)26(37)34-24(13-20-15-31-16-33-20)28(39)35-23(12-19-14-32-22-10-6-5-9-21(19)22)27(38)36-25(29(40)41)11-18-7-3-2-4-8-18/h2-10,14-17,23-25,32H,11-13,30H2,1H3,(H,31,33)(H,34,37)(H,35,39)(H,36,38)(H,40,41). The highest BCUT2D eigenvalue weighted by atomic mass is 16.4. The van der Waals surface area contributed by atoms with E-state index in [2.05, 4.69) is 30.9 Å². The van der Waals surface area contributed by atoms with Crippen LogP contribution in [0, 0.1) is 0 Å². The zero-order valence-corrected chi connectivity index (χ0v) is 22.5. The number of aromatic nitrogens is 3. The second-order valence-electron chi connectivity index (χ2n) is 9.84. The molecule has 4 aromatic rings. The second kappa shape index (κ2) is 13.4. The molecule has 2 aromatic heterocycles. The van der Waals surface area contributed by atoms with Crippen LogP contribution in [0.5, 0.6) is 0 Å². The molecular weight excluding hydrogens is 526 g/mol. The highest BCUT2D eigenvalue weighted by Crippen LogP contribution is 2.19. The summed E-state index contributed by atoms with van der Waals surface area (Å²) in [6.45, 7) is 1.49. The van der Waals surface area contributed by atoms with Crippen molar-refractivity contribution in [1.29, 1.82) is 0 Å². The van der Waals surface area contributed by atoms with Gasteiger partial charge in [-0.3, -0.25) is 14.4 Å². The highest BCUT2D eigenvalue weighted by molar-refractivity contribution is 5.95. The SMILES string of the molecule is CC(N)C(=O)NC(Cc1cnc[nH]1)C(=O)NC(Cc1c[nH]c2ccccc12)C(=O)NC(Cc1ccccc1)C(=O)O. The summed E-state index contributed by atoms with van der Waals surface area (Å²) in [7, 11) is 0. The summed E-state index contributed by atoms with van der Waals surface area (Å²) in [6.07, 6.45) is 4.91. The van der Waals surface area contributed by atoms with Gasteiger partial charge in [0.25, 0.3) is 0 Å². The third kappa shape index (κ3) is 7.79. The molecule has 4 rings (SSSR count). The molecule has 0 fully saturated rings. The maximum Gasteiger partial charge on any atom is 0.326 e. The van der Waals surface area contributed by atoms with E-state index in [0.717, 1.165) is 22.0 Å². The van der Waals surface area contributed by atoms with Crippen molar-refractivity contribution < 1.29 is 24.3 Å². The number of aliphatic carboxylic acids is 1. The van der Waals surface area contributed by atoms with Crippen LogP contribution >= 0.6 is 0 Å². The first-order chi connectivity index (χ1) is 19.7. The molecule has 3 amide bonds. The number of carbonyl (C=O) groups excluding carboxylic acids is 3. The van der Waals surface area contributed by atoms with Gasteiger partial charge in [-0.1, -0.05) is 48.5 Å². The number of imidazole rings is 1. The monoisotopic (exact) mass is 559 g/mol. The summed E-state index contributed by atoms with van der Waals surface area (Å²) in [5.41, 5.74) is 8.63. The van der Waals surface area contributed by atoms with Crippen molar-refractivity contribution in [1.82, 2.24) is 30.9 Å². The number of nitrogens with one attached hydrogen (secondary N) is 5. The number of H-pyrrole nitrogens is 2. The van der Waals surface area contributed by atoms with Gasteiger partial charge in [0.2, 0.25) is 17.7 Å². The molecule has 0 bridgehead atoms. The minimum absolute atomic E-state index is 0.0581. The summed E-state index contributed by atoms with van der Waals surface area (Å²) in [6, 6.07) is 12.1. The molecule has 0 radical (unpaired) electrons. The van der Waals surface area contributed by atoms with E-state index in [0.29, 0.717) is 5.69 Å². The molecule has 0 saturated carbocycles. The fourth-order valence-corrected chi connectivity index (χ4v) is 4.45. The number of amides is 3. The smallest absolute Gasteiger partial charge is 0.326 e. The number of nitrogens with two attached hydrogens (primary N) is 1. The van der Waals surface area contributed by atoms with Crippen LogP contribution in [0.1, 0.15) is 23.7 Å². The molecule has 2 aromatic carbocycles. The van der Waals surface area contributed by atoms with Gasteiger partial charge in [-0.15, -0.1) is 0 Å². The fraction of sp³-hybridized carbons (Fsp3) is 0.276. The molecule has 2 heterocycles. The number of hydrogen-bond donors (Lipinski definition) is 7. The third-order valence-electron chi connectivity index (χ3n) is 6.65. The number of hydrogen-bond acceptors (Lipinski definition) is 6. The number of para-hydroxylation sites is 1. The Morgan fingerprint density at radius 1 is 0.829 bits per heavy atom. The van der Waals surface area contributed by atoms with Gasteiger partial charge in [0.05, 0.1) is 12.4 Å². The first-order valence-corrected chi connectivity index (χ1v) is 13.2. The average molecular weight is 560 g/mol. The zero-order valence-electron chi connectivity index (χ0n) is 22.5. The molecule has 0 spiro atoms. The predicted molar refractivity (Wildman–Crippen MR) is 152 cm³/mol. The minimum atomic E-state index is -1.23. The molecule has 8 N–H and O–H groups in total. The van der Waals surface area contributed by atoms with Gasteiger partial charge in [-0.2, -0.15) is 0 Å². The van der Waals surface area contributed by atoms with Crippen LogP contribution in [0.15, 0.2) is 73.3 Å². The van der Waals surface area contributed by atoms with Crippen LogP contribution in [0.4, 0.5) is 0 Å². The van der Waals surface area contributed by atoms with Gasteiger partial charge in [-0.05, 0) is 24.1 Å². The first-order valence-electron chi connectivity index (χ1n) is 13.2. The second-order valence-corrected chi connectivity index (χ2v) is 9.84. The molecule has 214 valence electrons. The van der Waals surface area contributed by atoms with E-state index in [9.17, 15) is 24.3 Å². The normalized spacial score (nSPS) is 14.0. The van der Waals surface area contributed by atoms with Gasteiger partial charge < -0.3 is 36.8 Å². The summed E-state index contributed by atoms with van der Waals surface area (Å²) in [5.74, 6) is -3.06. The van der Waals surface area contributed by atoms with Gasteiger partial charge in [-0.25, -0.2) is 9.78 Å². The molecule has 12 heteroatoms. The van der Waals surface area contributed by atoms with E-state index in [1.54, 1.807) is 30.5 Å². The van der Waals surface area contributed by atoms with Crippen molar-refractivity contribution in [3.8, 4) is 0 Å². The van der Waals surface area contributed by atoms with E-state index in [1.165, 1.54) is 19.4 Å². The lowest BCUT2D eigenvalue weighted by molar-refractivity contribution is -0.142. The Hall–Kier alpha value is -4.97. The maximum atomic E-state index is 13.6. The van der Waals surface area contributed by atoms with E-state index >= 15 is 0 Å². The lowest BCUT2D eigenvalue weighted by atomic mass is 10.0.